The quantitative estimate of drug-likeness (QED) is 0.332. The normalized spacial score (nSPS) is 10.7. The van der Waals surface area contributed by atoms with Gasteiger partial charge in [-0.3, -0.25) is 4.98 Å². The monoisotopic (exact) mass is 399 g/mol. The molecule has 0 spiro atoms. The highest BCUT2D eigenvalue weighted by Gasteiger charge is 2.11. The molecule has 0 aliphatic rings. The van der Waals surface area contributed by atoms with E-state index < -0.39 is 0 Å². The van der Waals surface area contributed by atoms with Crippen LogP contribution in [0.1, 0.15) is 5.56 Å². The van der Waals surface area contributed by atoms with Crippen LogP contribution in [0.15, 0.2) is 109 Å². The summed E-state index contributed by atoms with van der Waals surface area (Å²) in [5, 5.41) is 0. The molecule has 0 unspecified atom stereocenters. The number of hydrogen-bond acceptors (Lipinski definition) is 3. The van der Waals surface area contributed by atoms with E-state index in [2.05, 4.69) is 84.7 Å². The Morgan fingerprint density at radius 2 is 1.16 bits per heavy atom. The Morgan fingerprint density at radius 1 is 0.484 bits per heavy atom. The van der Waals surface area contributed by atoms with Gasteiger partial charge in [0.25, 0.3) is 0 Å². The third-order valence-corrected chi connectivity index (χ3v) is 5.22. The number of benzene rings is 3. The van der Waals surface area contributed by atoms with Gasteiger partial charge in [0.05, 0.1) is 17.1 Å². The minimum atomic E-state index is 0.694. The number of pyridine rings is 1. The third kappa shape index (κ3) is 4.12. The minimum Gasteiger partial charge on any atom is -0.255 e. The number of nitrogens with zero attached hydrogens (tertiary/aromatic N) is 3. The highest BCUT2D eigenvalue weighted by Crippen LogP contribution is 2.28. The molecule has 148 valence electrons. The summed E-state index contributed by atoms with van der Waals surface area (Å²) < 4.78 is 0. The zero-order chi connectivity index (χ0) is 21.0. The summed E-state index contributed by atoms with van der Waals surface area (Å²) in [7, 11) is 0. The van der Waals surface area contributed by atoms with E-state index in [9.17, 15) is 0 Å². The van der Waals surface area contributed by atoms with E-state index in [1.807, 2.05) is 30.3 Å². The first-order valence-corrected chi connectivity index (χ1v) is 10.3. The van der Waals surface area contributed by atoms with Gasteiger partial charge < -0.3 is 0 Å². The summed E-state index contributed by atoms with van der Waals surface area (Å²) in [4.78, 5) is 14.3. The molecule has 31 heavy (non-hydrogen) atoms. The molecule has 3 nitrogen and oxygen atoms in total. The molecule has 0 aliphatic carbocycles. The molecule has 0 fully saturated rings. The molecular formula is C28H21N3. The predicted molar refractivity (Wildman–Crippen MR) is 126 cm³/mol. The van der Waals surface area contributed by atoms with Crippen molar-refractivity contribution in [3.05, 3.63) is 115 Å². The first-order valence-electron chi connectivity index (χ1n) is 10.3. The summed E-state index contributed by atoms with van der Waals surface area (Å²) in [5.41, 5.74) is 8.15. The van der Waals surface area contributed by atoms with E-state index in [1.54, 1.807) is 6.20 Å². The van der Waals surface area contributed by atoms with Gasteiger partial charge in [-0.15, -0.1) is 0 Å². The fourth-order valence-electron chi connectivity index (χ4n) is 3.62. The van der Waals surface area contributed by atoms with Gasteiger partial charge in [0.1, 0.15) is 0 Å². The zero-order valence-corrected chi connectivity index (χ0v) is 17.2. The van der Waals surface area contributed by atoms with Crippen molar-refractivity contribution in [1.82, 2.24) is 15.0 Å². The zero-order valence-electron chi connectivity index (χ0n) is 17.2. The van der Waals surface area contributed by atoms with Crippen molar-refractivity contribution >= 4 is 0 Å². The lowest BCUT2D eigenvalue weighted by atomic mass is 10.0. The van der Waals surface area contributed by atoms with Gasteiger partial charge in [0.2, 0.25) is 0 Å². The number of aromatic nitrogens is 3. The summed E-state index contributed by atoms with van der Waals surface area (Å²) in [5.74, 6) is 0.694. The molecule has 0 atom stereocenters. The fraction of sp³-hybridized carbons (Fsp3) is 0.0357. The van der Waals surface area contributed by atoms with E-state index in [-0.39, 0.29) is 0 Å². The molecular weight excluding hydrogens is 378 g/mol. The molecule has 2 aromatic heterocycles. The lowest BCUT2D eigenvalue weighted by Gasteiger charge is -2.10. The Labute approximate surface area is 182 Å². The maximum atomic E-state index is 4.90. The maximum absolute atomic E-state index is 4.90. The van der Waals surface area contributed by atoms with Gasteiger partial charge in [0.15, 0.2) is 5.82 Å². The van der Waals surface area contributed by atoms with Crippen LogP contribution in [0.5, 0.6) is 0 Å². The number of hydrogen-bond donors (Lipinski definition) is 0. The van der Waals surface area contributed by atoms with Gasteiger partial charge >= 0.3 is 0 Å². The first kappa shape index (κ1) is 18.9. The molecule has 0 saturated heterocycles. The lowest BCUT2D eigenvalue weighted by Crippen LogP contribution is -1.97. The molecule has 0 amide bonds. The van der Waals surface area contributed by atoms with Crippen LogP contribution >= 0.6 is 0 Å². The smallest absolute Gasteiger partial charge is 0.160 e. The van der Waals surface area contributed by atoms with Crippen LogP contribution in [0, 0.1) is 6.92 Å². The van der Waals surface area contributed by atoms with Crippen molar-refractivity contribution < 1.29 is 0 Å². The molecule has 2 heterocycles. The second-order valence-electron chi connectivity index (χ2n) is 7.49. The average molecular weight is 399 g/mol. The largest absolute Gasteiger partial charge is 0.255 e. The molecule has 0 radical (unpaired) electrons. The Hall–Kier alpha value is -4.11. The fourth-order valence-corrected chi connectivity index (χ4v) is 3.62. The summed E-state index contributed by atoms with van der Waals surface area (Å²) >= 11 is 0. The van der Waals surface area contributed by atoms with Crippen LogP contribution in [-0.2, 0) is 0 Å². The van der Waals surface area contributed by atoms with Crippen LogP contribution in [0.3, 0.4) is 0 Å². The number of rotatable bonds is 4. The second-order valence-corrected chi connectivity index (χ2v) is 7.49. The van der Waals surface area contributed by atoms with Crippen molar-refractivity contribution in [3.8, 4) is 45.2 Å². The minimum absolute atomic E-state index is 0.694. The standard InChI is InChI=1S/C28H21N3/c1-20-8-7-11-24(18-20)26-19-27(25-12-5-6-17-29-25)31-28(30-26)23-15-13-22(14-16-23)21-9-3-2-4-10-21/h2-19H,1H3. The van der Waals surface area contributed by atoms with Crippen LogP contribution in [0.2, 0.25) is 0 Å². The Balaban J connectivity index is 1.61. The molecule has 3 aromatic carbocycles. The molecule has 0 aliphatic heterocycles. The van der Waals surface area contributed by atoms with Crippen molar-refractivity contribution in [3.63, 3.8) is 0 Å². The van der Waals surface area contributed by atoms with E-state index in [4.69, 9.17) is 9.97 Å². The molecule has 0 N–H and O–H groups in total. The summed E-state index contributed by atoms with van der Waals surface area (Å²) in [6.07, 6.45) is 1.79. The first-order chi connectivity index (χ1) is 15.3. The van der Waals surface area contributed by atoms with E-state index >= 15 is 0 Å². The van der Waals surface area contributed by atoms with Gasteiger partial charge in [-0.1, -0.05) is 84.4 Å². The molecule has 5 rings (SSSR count). The van der Waals surface area contributed by atoms with Crippen molar-refractivity contribution in [2.24, 2.45) is 0 Å². The van der Waals surface area contributed by atoms with Crippen molar-refractivity contribution in [2.75, 3.05) is 0 Å². The molecule has 5 aromatic rings. The van der Waals surface area contributed by atoms with Crippen LogP contribution < -0.4 is 0 Å². The SMILES string of the molecule is Cc1cccc(-c2cc(-c3ccccn3)nc(-c3ccc(-c4ccccc4)cc3)n2)c1. The third-order valence-electron chi connectivity index (χ3n) is 5.22. The van der Waals surface area contributed by atoms with Gasteiger partial charge in [-0.25, -0.2) is 9.97 Å². The molecule has 3 heteroatoms. The van der Waals surface area contributed by atoms with Gasteiger partial charge in [0, 0.05) is 17.3 Å². The van der Waals surface area contributed by atoms with Crippen LogP contribution in [0.25, 0.3) is 45.2 Å². The average Bonchev–Trinajstić information content (AvgIpc) is 2.85. The van der Waals surface area contributed by atoms with E-state index in [0.29, 0.717) is 5.82 Å². The topological polar surface area (TPSA) is 38.7 Å². The van der Waals surface area contributed by atoms with E-state index in [1.165, 1.54) is 16.7 Å². The highest BCUT2D eigenvalue weighted by atomic mass is 14.9. The Kier molecular flexibility index (Phi) is 5.07. The van der Waals surface area contributed by atoms with Gasteiger partial charge in [-0.2, -0.15) is 0 Å². The van der Waals surface area contributed by atoms with Crippen molar-refractivity contribution in [2.45, 2.75) is 6.92 Å². The number of aryl methyl sites for hydroxylation is 1. The summed E-state index contributed by atoms with van der Waals surface area (Å²) in [6, 6.07) is 35.0. The molecule has 0 bridgehead atoms. The van der Waals surface area contributed by atoms with Crippen molar-refractivity contribution in [1.29, 1.82) is 0 Å². The predicted octanol–water partition coefficient (Wildman–Crippen LogP) is 6.85. The maximum Gasteiger partial charge on any atom is 0.160 e. The molecule has 0 saturated carbocycles. The lowest BCUT2D eigenvalue weighted by molar-refractivity contribution is 1.16. The van der Waals surface area contributed by atoms with Crippen LogP contribution in [0.4, 0.5) is 0 Å². The highest BCUT2D eigenvalue weighted by molar-refractivity contribution is 5.72. The summed E-state index contributed by atoms with van der Waals surface area (Å²) in [6.45, 7) is 2.09. The van der Waals surface area contributed by atoms with Gasteiger partial charge in [-0.05, 0) is 42.3 Å². The van der Waals surface area contributed by atoms with E-state index in [0.717, 1.165) is 28.2 Å². The second kappa shape index (κ2) is 8.33. The Bertz CT molecular complexity index is 1310. The Morgan fingerprint density at radius 3 is 1.90 bits per heavy atom. The van der Waals surface area contributed by atoms with Crippen LogP contribution in [-0.4, -0.2) is 15.0 Å².